The number of ether oxygens (including phenoxy) is 1. The second kappa shape index (κ2) is 8.30. The molecule has 5 rings (SSSR count). The zero-order chi connectivity index (χ0) is 23.2. The molecule has 7 nitrogen and oxygen atoms in total. The number of carbonyl (C=O) groups excluding carboxylic acids is 2. The van der Waals surface area contributed by atoms with Gasteiger partial charge in [-0.2, -0.15) is 0 Å². The number of para-hydroxylation sites is 1. The van der Waals surface area contributed by atoms with Crippen LogP contribution >= 0.6 is 11.6 Å². The molecule has 1 fully saturated rings. The number of urea groups is 1. The second-order valence-corrected chi connectivity index (χ2v) is 9.24. The highest BCUT2D eigenvalue weighted by Crippen LogP contribution is 2.49. The Morgan fingerprint density at radius 2 is 1.97 bits per heavy atom. The van der Waals surface area contributed by atoms with Crippen molar-refractivity contribution in [1.29, 1.82) is 0 Å². The predicted molar refractivity (Wildman–Crippen MR) is 127 cm³/mol. The Labute approximate surface area is 197 Å². The highest BCUT2D eigenvalue weighted by Gasteiger charge is 2.44. The van der Waals surface area contributed by atoms with Crippen LogP contribution in [0.25, 0.3) is 11.0 Å². The number of hydrogen-bond acceptors (Lipinski definition) is 4. The molecule has 1 aliphatic heterocycles. The highest BCUT2D eigenvalue weighted by atomic mass is 35.5. The van der Waals surface area contributed by atoms with Crippen LogP contribution in [0, 0.1) is 0 Å². The largest absolute Gasteiger partial charge is 0.496 e. The molecule has 8 heteroatoms. The van der Waals surface area contributed by atoms with E-state index in [0.717, 1.165) is 54.4 Å². The van der Waals surface area contributed by atoms with Gasteiger partial charge in [-0.05, 0) is 31.0 Å². The van der Waals surface area contributed by atoms with Crippen LogP contribution in [0.15, 0.2) is 40.8 Å². The Kier molecular flexibility index (Phi) is 5.44. The van der Waals surface area contributed by atoms with Gasteiger partial charge in [0, 0.05) is 30.1 Å². The molecule has 2 aromatic carbocycles. The van der Waals surface area contributed by atoms with E-state index >= 15 is 0 Å². The van der Waals surface area contributed by atoms with Crippen molar-refractivity contribution in [3.63, 3.8) is 0 Å². The normalized spacial score (nSPS) is 16.8. The van der Waals surface area contributed by atoms with Crippen molar-refractivity contribution >= 4 is 40.2 Å². The first-order chi connectivity index (χ1) is 15.9. The first-order valence-electron chi connectivity index (χ1n) is 11.1. The van der Waals surface area contributed by atoms with Crippen LogP contribution in [0.2, 0.25) is 5.02 Å². The summed E-state index contributed by atoms with van der Waals surface area (Å²) in [4.78, 5) is 27.3. The van der Waals surface area contributed by atoms with Crippen LogP contribution in [0.5, 0.6) is 5.75 Å². The van der Waals surface area contributed by atoms with Crippen LogP contribution in [0.1, 0.15) is 53.8 Å². The Morgan fingerprint density at radius 3 is 2.73 bits per heavy atom. The molecule has 0 atom stereocenters. The van der Waals surface area contributed by atoms with Crippen LogP contribution in [-0.2, 0) is 12.1 Å². The Balaban J connectivity index is 1.54. The van der Waals surface area contributed by atoms with Crippen molar-refractivity contribution in [2.75, 3.05) is 19.5 Å². The van der Waals surface area contributed by atoms with E-state index in [1.54, 1.807) is 31.2 Å². The van der Waals surface area contributed by atoms with Crippen molar-refractivity contribution in [1.82, 2.24) is 10.2 Å². The van der Waals surface area contributed by atoms with Crippen molar-refractivity contribution in [3.05, 3.63) is 58.3 Å². The summed E-state index contributed by atoms with van der Waals surface area (Å²) in [5.74, 6) is 0.714. The summed E-state index contributed by atoms with van der Waals surface area (Å²) >= 11 is 6.59. The van der Waals surface area contributed by atoms with Crippen molar-refractivity contribution < 1.29 is 18.7 Å². The van der Waals surface area contributed by atoms with E-state index in [1.807, 2.05) is 24.3 Å². The number of rotatable bonds is 4. The lowest BCUT2D eigenvalue weighted by atomic mass is 9.74. The van der Waals surface area contributed by atoms with Crippen LogP contribution in [0.3, 0.4) is 0 Å². The van der Waals surface area contributed by atoms with Gasteiger partial charge in [0.15, 0.2) is 5.76 Å². The van der Waals surface area contributed by atoms with Gasteiger partial charge >= 0.3 is 6.03 Å². The molecular weight excluding hydrogens is 442 g/mol. The number of carbonyl (C=O) groups is 2. The topological polar surface area (TPSA) is 83.8 Å². The van der Waals surface area contributed by atoms with E-state index in [0.29, 0.717) is 22.8 Å². The summed E-state index contributed by atoms with van der Waals surface area (Å²) in [5.41, 5.74) is 2.38. The standard InChI is InChI=1S/C25H26ClN3O4/c1-29(14-15-8-4-5-9-18(15)32-2)23(30)19-13-16-12-17(26)21-20(22(16)33-19)25(28-24(31)27-21)10-6-3-7-11-25/h4-5,8-9,12-13H,3,6-7,10-11,14H2,1-2H3,(H2,27,28,31). The first-order valence-corrected chi connectivity index (χ1v) is 11.5. The summed E-state index contributed by atoms with van der Waals surface area (Å²) in [6, 6.07) is 10.8. The molecule has 1 saturated carbocycles. The van der Waals surface area contributed by atoms with Gasteiger partial charge in [0.1, 0.15) is 11.3 Å². The number of anilines is 1. The lowest BCUT2D eigenvalue weighted by molar-refractivity contribution is 0.0754. The SMILES string of the molecule is COc1ccccc1CN(C)C(=O)c1cc2cc(Cl)c3c(c2o1)C1(CCCCC1)NC(=O)N3. The lowest BCUT2D eigenvalue weighted by Gasteiger charge is -2.42. The fraction of sp³-hybridized carbons (Fsp3) is 0.360. The maximum absolute atomic E-state index is 13.3. The van der Waals surface area contributed by atoms with Gasteiger partial charge in [-0.15, -0.1) is 0 Å². The molecule has 0 radical (unpaired) electrons. The highest BCUT2D eigenvalue weighted by molar-refractivity contribution is 6.35. The molecule has 172 valence electrons. The maximum Gasteiger partial charge on any atom is 0.319 e. The van der Waals surface area contributed by atoms with Gasteiger partial charge in [-0.3, -0.25) is 4.79 Å². The van der Waals surface area contributed by atoms with E-state index in [4.69, 9.17) is 20.8 Å². The zero-order valence-electron chi connectivity index (χ0n) is 18.7. The molecule has 2 aliphatic rings. The van der Waals surface area contributed by atoms with Crippen LogP contribution in [0.4, 0.5) is 10.5 Å². The minimum Gasteiger partial charge on any atom is -0.496 e. The number of amides is 3. The average molecular weight is 468 g/mol. The molecule has 2 N–H and O–H groups in total. The zero-order valence-corrected chi connectivity index (χ0v) is 19.4. The fourth-order valence-electron chi connectivity index (χ4n) is 5.14. The summed E-state index contributed by atoms with van der Waals surface area (Å²) in [6.45, 7) is 0.375. The second-order valence-electron chi connectivity index (χ2n) is 8.83. The number of nitrogens with one attached hydrogen (secondary N) is 2. The molecule has 3 amide bonds. The van der Waals surface area contributed by atoms with E-state index in [9.17, 15) is 9.59 Å². The lowest BCUT2D eigenvalue weighted by Crippen LogP contribution is -2.52. The number of fused-ring (bicyclic) bond motifs is 4. The first kappa shape index (κ1) is 21.6. The van der Waals surface area contributed by atoms with Crippen molar-refractivity contribution in [2.45, 2.75) is 44.2 Å². The number of methoxy groups -OCH3 is 1. The minimum atomic E-state index is -0.541. The third-order valence-corrected chi connectivity index (χ3v) is 6.99. The summed E-state index contributed by atoms with van der Waals surface area (Å²) in [7, 11) is 3.34. The molecule has 1 spiro atoms. The van der Waals surface area contributed by atoms with Crippen LogP contribution in [-0.4, -0.2) is 31.0 Å². The van der Waals surface area contributed by atoms with Crippen molar-refractivity contribution in [2.24, 2.45) is 0 Å². The molecule has 2 heterocycles. The monoisotopic (exact) mass is 467 g/mol. The third-order valence-electron chi connectivity index (χ3n) is 6.69. The molecule has 0 unspecified atom stereocenters. The van der Waals surface area contributed by atoms with E-state index in [1.165, 1.54) is 0 Å². The van der Waals surface area contributed by atoms with Gasteiger partial charge in [-0.1, -0.05) is 49.1 Å². The van der Waals surface area contributed by atoms with Gasteiger partial charge in [0.2, 0.25) is 0 Å². The molecule has 33 heavy (non-hydrogen) atoms. The summed E-state index contributed by atoms with van der Waals surface area (Å²) < 4.78 is 11.6. The molecule has 0 bridgehead atoms. The fourth-order valence-corrected chi connectivity index (χ4v) is 5.40. The number of hydrogen-bond donors (Lipinski definition) is 2. The smallest absolute Gasteiger partial charge is 0.319 e. The molecule has 3 aromatic rings. The molecule has 0 saturated heterocycles. The average Bonchev–Trinajstić information content (AvgIpc) is 3.22. The number of nitrogens with zero attached hydrogens (tertiary/aromatic N) is 1. The summed E-state index contributed by atoms with van der Waals surface area (Å²) in [6.07, 6.45) is 4.74. The minimum absolute atomic E-state index is 0.231. The molecule has 1 aromatic heterocycles. The van der Waals surface area contributed by atoms with E-state index < -0.39 is 5.54 Å². The predicted octanol–water partition coefficient (Wildman–Crippen LogP) is 5.66. The van der Waals surface area contributed by atoms with Crippen LogP contribution < -0.4 is 15.4 Å². The van der Waals surface area contributed by atoms with Crippen molar-refractivity contribution in [3.8, 4) is 5.75 Å². The van der Waals surface area contributed by atoms with Gasteiger partial charge in [0.25, 0.3) is 5.91 Å². The summed E-state index contributed by atoms with van der Waals surface area (Å²) in [5, 5.41) is 7.17. The maximum atomic E-state index is 13.3. The Bertz CT molecular complexity index is 1250. The quantitative estimate of drug-likeness (QED) is 0.518. The van der Waals surface area contributed by atoms with Gasteiger partial charge < -0.3 is 24.7 Å². The van der Waals surface area contributed by atoms with E-state index in [2.05, 4.69) is 10.6 Å². The Morgan fingerprint density at radius 1 is 1.21 bits per heavy atom. The molecule has 1 aliphatic carbocycles. The molecular formula is C25H26ClN3O4. The van der Waals surface area contributed by atoms with E-state index in [-0.39, 0.29) is 17.7 Å². The number of halogens is 1. The van der Waals surface area contributed by atoms with Gasteiger partial charge in [-0.25, -0.2) is 4.79 Å². The number of furan rings is 1. The number of benzene rings is 2. The Hall–Kier alpha value is -3.19. The van der Waals surface area contributed by atoms with Gasteiger partial charge in [0.05, 0.1) is 23.4 Å². The third kappa shape index (κ3) is 3.70.